The lowest BCUT2D eigenvalue weighted by Crippen LogP contribution is -2.50. The van der Waals surface area contributed by atoms with Gasteiger partial charge in [-0.25, -0.2) is 18.1 Å². The van der Waals surface area contributed by atoms with Crippen LogP contribution in [0.2, 0.25) is 0 Å². The van der Waals surface area contributed by atoms with E-state index in [0.29, 0.717) is 19.3 Å². The zero-order chi connectivity index (χ0) is 14.6. The highest BCUT2D eigenvalue weighted by molar-refractivity contribution is 9.10. The molecule has 0 aromatic heterocycles. The highest BCUT2D eigenvalue weighted by atomic mass is 79.9. The summed E-state index contributed by atoms with van der Waals surface area (Å²) in [5.41, 5.74) is 0. The molecule has 0 radical (unpaired) electrons. The third kappa shape index (κ3) is 3.94. The van der Waals surface area contributed by atoms with Crippen LogP contribution < -0.4 is 10.0 Å². The Kier molecular flexibility index (Phi) is 5.00. The van der Waals surface area contributed by atoms with Gasteiger partial charge in [0.05, 0.1) is 18.2 Å². The van der Waals surface area contributed by atoms with E-state index in [1.165, 1.54) is 0 Å². The molecule has 0 saturated heterocycles. The quantitative estimate of drug-likeness (QED) is 0.848. The molecule has 1 aromatic rings. The number of nitrogens with zero attached hydrogens (tertiary/aromatic N) is 2. The molecular weight excluding hydrogens is 344 g/mol. The number of hydrogen-bond donors (Lipinski definition) is 2. The lowest BCUT2D eigenvalue weighted by molar-refractivity contribution is 0.264. The van der Waals surface area contributed by atoms with Crippen molar-refractivity contribution in [1.82, 2.24) is 14.9 Å². The van der Waals surface area contributed by atoms with E-state index in [9.17, 15) is 8.42 Å². The average Bonchev–Trinajstić information content (AvgIpc) is 2.41. The van der Waals surface area contributed by atoms with Crippen LogP contribution in [-0.4, -0.2) is 39.2 Å². The molecule has 0 fully saturated rings. The van der Waals surface area contributed by atoms with E-state index in [-0.39, 0.29) is 4.90 Å². The van der Waals surface area contributed by atoms with Gasteiger partial charge in [0.2, 0.25) is 5.96 Å². The number of sulfonamides is 1. The van der Waals surface area contributed by atoms with Crippen molar-refractivity contribution in [3.05, 3.63) is 28.7 Å². The van der Waals surface area contributed by atoms with Gasteiger partial charge in [0.15, 0.2) is 0 Å². The number of aliphatic imine (C=N–C) groups is 1. The van der Waals surface area contributed by atoms with E-state index >= 15 is 0 Å². The summed E-state index contributed by atoms with van der Waals surface area (Å²) in [6.45, 7) is 4.12. The van der Waals surface area contributed by atoms with Crippen molar-refractivity contribution in [3.63, 3.8) is 0 Å². The summed E-state index contributed by atoms with van der Waals surface area (Å²) in [5.74, 6) is 0.292. The van der Waals surface area contributed by atoms with Crippen LogP contribution in [0.25, 0.3) is 0 Å². The van der Waals surface area contributed by atoms with Gasteiger partial charge >= 0.3 is 0 Å². The SMILES string of the molecule is CCCN1CN=C(NS(=O)(=O)c2ccc(Br)cc2)NC1. The molecule has 20 heavy (non-hydrogen) atoms. The van der Waals surface area contributed by atoms with Gasteiger partial charge in [-0.3, -0.25) is 4.90 Å². The first-order chi connectivity index (χ1) is 9.51. The average molecular weight is 361 g/mol. The third-order valence-corrected chi connectivity index (χ3v) is 4.68. The lowest BCUT2D eigenvalue weighted by atomic mass is 10.4. The van der Waals surface area contributed by atoms with E-state index in [4.69, 9.17) is 0 Å². The van der Waals surface area contributed by atoms with Crippen LogP contribution in [0.3, 0.4) is 0 Å². The molecule has 0 aliphatic carbocycles. The molecule has 2 rings (SSSR count). The molecule has 0 unspecified atom stereocenters. The van der Waals surface area contributed by atoms with Crippen molar-refractivity contribution in [1.29, 1.82) is 0 Å². The van der Waals surface area contributed by atoms with Gasteiger partial charge in [0.25, 0.3) is 10.0 Å². The van der Waals surface area contributed by atoms with Gasteiger partial charge in [-0.2, -0.15) is 0 Å². The number of benzene rings is 1. The van der Waals surface area contributed by atoms with Crippen LogP contribution in [0.1, 0.15) is 13.3 Å². The minimum Gasteiger partial charge on any atom is -0.343 e. The van der Waals surface area contributed by atoms with Crippen LogP contribution in [-0.2, 0) is 10.0 Å². The normalized spacial score (nSPS) is 16.4. The monoisotopic (exact) mass is 360 g/mol. The Labute approximate surface area is 127 Å². The molecule has 1 aromatic carbocycles. The number of rotatable bonds is 4. The Bertz CT molecular complexity index is 586. The van der Waals surface area contributed by atoms with E-state index in [1.54, 1.807) is 24.3 Å². The largest absolute Gasteiger partial charge is 0.343 e. The fourth-order valence-electron chi connectivity index (χ4n) is 1.80. The minimum atomic E-state index is -3.59. The third-order valence-electron chi connectivity index (χ3n) is 2.79. The van der Waals surface area contributed by atoms with Gasteiger partial charge < -0.3 is 5.32 Å². The second kappa shape index (κ2) is 6.55. The Morgan fingerprint density at radius 1 is 1.40 bits per heavy atom. The molecule has 8 heteroatoms. The maximum atomic E-state index is 12.2. The molecule has 0 atom stereocenters. The highest BCUT2D eigenvalue weighted by Gasteiger charge is 2.18. The molecule has 1 heterocycles. The van der Waals surface area contributed by atoms with Crippen molar-refractivity contribution in [3.8, 4) is 0 Å². The topological polar surface area (TPSA) is 73.8 Å². The van der Waals surface area contributed by atoms with Crippen molar-refractivity contribution in [2.24, 2.45) is 4.99 Å². The minimum absolute atomic E-state index is 0.209. The molecule has 1 aliphatic heterocycles. The van der Waals surface area contributed by atoms with Crippen LogP contribution >= 0.6 is 15.9 Å². The summed E-state index contributed by atoms with van der Waals surface area (Å²) in [4.78, 5) is 6.49. The fraction of sp³-hybridized carbons (Fsp3) is 0.417. The summed E-state index contributed by atoms with van der Waals surface area (Å²) in [6.07, 6.45) is 1.04. The van der Waals surface area contributed by atoms with Gasteiger partial charge in [-0.1, -0.05) is 22.9 Å². The summed E-state index contributed by atoms with van der Waals surface area (Å²) in [5, 5.41) is 2.97. The zero-order valence-electron chi connectivity index (χ0n) is 11.1. The maximum absolute atomic E-state index is 12.2. The van der Waals surface area contributed by atoms with Crippen LogP contribution in [0.4, 0.5) is 0 Å². The standard InChI is InChI=1S/C12H17BrN4O2S/c1-2-7-17-8-14-12(15-9-17)16-20(18,19)11-5-3-10(13)4-6-11/h3-6H,2,7-9H2,1H3,(H2,14,15,16). The summed E-state index contributed by atoms with van der Waals surface area (Å²) >= 11 is 3.28. The number of guanidine groups is 1. The maximum Gasteiger partial charge on any atom is 0.264 e. The number of nitrogens with one attached hydrogen (secondary N) is 2. The van der Waals surface area contributed by atoms with E-state index in [0.717, 1.165) is 17.4 Å². The molecule has 6 nitrogen and oxygen atoms in total. The first-order valence-electron chi connectivity index (χ1n) is 6.30. The fourth-order valence-corrected chi connectivity index (χ4v) is 3.07. The van der Waals surface area contributed by atoms with Crippen LogP contribution in [0, 0.1) is 0 Å². The molecule has 0 saturated carbocycles. The Morgan fingerprint density at radius 3 is 2.65 bits per heavy atom. The lowest BCUT2D eigenvalue weighted by Gasteiger charge is -2.26. The van der Waals surface area contributed by atoms with E-state index in [2.05, 4.69) is 42.8 Å². The van der Waals surface area contributed by atoms with E-state index in [1.807, 2.05) is 0 Å². The molecule has 0 bridgehead atoms. The summed E-state index contributed by atoms with van der Waals surface area (Å²) < 4.78 is 27.6. The number of hydrogen-bond acceptors (Lipinski definition) is 5. The Hall–Kier alpha value is -1.12. The predicted octanol–water partition coefficient (Wildman–Crippen LogP) is 1.31. The first kappa shape index (κ1) is 15.3. The molecular formula is C12H17BrN4O2S. The summed E-state index contributed by atoms with van der Waals surface area (Å²) in [7, 11) is -3.59. The van der Waals surface area contributed by atoms with Gasteiger partial charge in [-0.15, -0.1) is 0 Å². The van der Waals surface area contributed by atoms with Crippen molar-refractivity contribution in [2.75, 3.05) is 19.9 Å². The molecule has 1 aliphatic rings. The Morgan fingerprint density at radius 2 is 2.10 bits per heavy atom. The number of halogens is 1. The van der Waals surface area contributed by atoms with Crippen molar-refractivity contribution >= 4 is 31.9 Å². The highest BCUT2D eigenvalue weighted by Crippen LogP contribution is 2.14. The van der Waals surface area contributed by atoms with E-state index < -0.39 is 10.0 Å². The first-order valence-corrected chi connectivity index (χ1v) is 8.58. The van der Waals surface area contributed by atoms with Gasteiger partial charge in [0.1, 0.15) is 0 Å². The molecule has 110 valence electrons. The molecule has 0 amide bonds. The van der Waals surface area contributed by atoms with Crippen LogP contribution in [0.15, 0.2) is 38.6 Å². The molecule has 2 N–H and O–H groups in total. The predicted molar refractivity (Wildman–Crippen MR) is 81.8 cm³/mol. The zero-order valence-corrected chi connectivity index (χ0v) is 13.5. The van der Waals surface area contributed by atoms with Gasteiger partial charge in [0, 0.05) is 11.0 Å². The van der Waals surface area contributed by atoms with Crippen molar-refractivity contribution < 1.29 is 8.42 Å². The molecule has 0 spiro atoms. The second-order valence-electron chi connectivity index (χ2n) is 4.44. The van der Waals surface area contributed by atoms with Gasteiger partial charge in [-0.05, 0) is 30.7 Å². The van der Waals surface area contributed by atoms with Crippen molar-refractivity contribution in [2.45, 2.75) is 18.2 Å². The smallest absolute Gasteiger partial charge is 0.264 e. The second-order valence-corrected chi connectivity index (χ2v) is 7.03. The van der Waals surface area contributed by atoms with Crippen LogP contribution in [0.5, 0.6) is 0 Å². The summed E-state index contributed by atoms with van der Waals surface area (Å²) in [6, 6.07) is 6.46. The Balaban J connectivity index is 2.04.